The lowest BCUT2D eigenvalue weighted by Gasteiger charge is -2.10. The van der Waals surface area contributed by atoms with Crippen molar-refractivity contribution < 1.29 is 17.6 Å². The van der Waals surface area contributed by atoms with Gasteiger partial charge >= 0.3 is 6.18 Å². The molecule has 0 amide bonds. The third-order valence-electron chi connectivity index (χ3n) is 2.89. The summed E-state index contributed by atoms with van der Waals surface area (Å²) >= 11 is 0. The van der Waals surface area contributed by atoms with Crippen LogP contribution in [-0.4, -0.2) is 0 Å². The molecule has 2 aromatic rings. The van der Waals surface area contributed by atoms with E-state index in [1.54, 1.807) is 19.1 Å². The van der Waals surface area contributed by atoms with Crippen LogP contribution in [0.5, 0.6) is 0 Å². The van der Waals surface area contributed by atoms with Crippen molar-refractivity contribution in [2.24, 2.45) is 0 Å². The minimum absolute atomic E-state index is 0.262. The fraction of sp³-hybridized carbons (Fsp3) is 0.200. The van der Waals surface area contributed by atoms with E-state index in [2.05, 4.69) is 5.32 Å². The molecule has 0 radical (unpaired) electrons. The SMILES string of the molecule is Cc1ccc(NCc2ccc(C(F)(F)F)cc2)c(F)c1. The molecule has 0 aliphatic rings. The van der Waals surface area contributed by atoms with Crippen LogP contribution in [0, 0.1) is 12.7 Å². The summed E-state index contributed by atoms with van der Waals surface area (Å²) < 4.78 is 50.8. The number of hydrogen-bond acceptors (Lipinski definition) is 1. The lowest BCUT2D eigenvalue weighted by atomic mass is 10.1. The molecule has 0 fully saturated rings. The Hall–Kier alpha value is -2.04. The molecule has 5 heteroatoms. The van der Waals surface area contributed by atoms with Crippen molar-refractivity contribution in [2.45, 2.75) is 19.6 Å². The van der Waals surface area contributed by atoms with Gasteiger partial charge in [0, 0.05) is 6.54 Å². The lowest BCUT2D eigenvalue weighted by Crippen LogP contribution is -2.06. The standard InChI is InChI=1S/C15H13F4N/c1-10-2-7-14(13(16)8-10)20-9-11-3-5-12(6-4-11)15(17,18)19/h2-8,20H,9H2,1H3. The highest BCUT2D eigenvalue weighted by molar-refractivity contribution is 5.46. The van der Waals surface area contributed by atoms with Crippen LogP contribution >= 0.6 is 0 Å². The van der Waals surface area contributed by atoms with Gasteiger partial charge in [-0.05, 0) is 42.3 Å². The maximum Gasteiger partial charge on any atom is 0.416 e. The van der Waals surface area contributed by atoms with Crippen molar-refractivity contribution in [2.75, 3.05) is 5.32 Å². The number of hydrogen-bond donors (Lipinski definition) is 1. The predicted octanol–water partition coefficient (Wildman–Crippen LogP) is 4.77. The number of rotatable bonds is 3. The minimum atomic E-state index is -4.34. The van der Waals surface area contributed by atoms with Crippen LogP contribution in [-0.2, 0) is 12.7 Å². The molecular formula is C15H13F4N. The van der Waals surface area contributed by atoms with Gasteiger partial charge in [0.25, 0.3) is 0 Å². The summed E-state index contributed by atoms with van der Waals surface area (Å²) in [5.41, 5.74) is 1.10. The van der Waals surface area contributed by atoms with Crippen molar-refractivity contribution >= 4 is 5.69 Å². The Labute approximate surface area is 114 Å². The number of aryl methyl sites for hydroxylation is 1. The largest absolute Gasteiger partial charge is 0.416 e. The molecule has 0 atom stereocenters. The maximum absolute atomic E-state index is 13.6. The highest BCUT2D eigenvalue weighted by Crippen LogP contribution is 2.29. The second kappa shape index (κ2) is 5.53. The van der Waals surface area contributed by atoms with Crippen LogP contribution < -0.4 is 5.32 Å². The zero-order valence-corrected chi connectivity index (χ0v) is 10.8. The monoisotopic (exact) mass is 283 g/mol. The summed E-state index contributed by atoms with van der Waals surface area (Å²) in [6.07, 6.45) is -4.34. The van der Waals surface area contributed by atoms with Gasteiger partial charge in [0.15, 0.2) is 0 Å². The Kier molecular flexibility index (Phi) is 3.97. The smallest absolute Gasteiger partial charge is 0.379 e. The van der Waals surface area contributed by atoms with Gasteiger partial charge in [0.05, 0.1) is 11.3 Å². The topological polar surface area (TPSA) is 12.0 Å². The van der Waals surface area contributed by atoms with Gasteiger partial charge < -0.3 is 5.32 Å². The molecule has 0 bridgehead atoms. The van der Waals surface area contributed by atoms with E-state index >= 15 is 0 Å². The highest BCUT2D eigenvalue weighted by atomic mass is 19.4. The van der Waals surface area contributed by atoms with E-state index < -0.39 is 11.7 Å². The number of nitrogens with one attached hydrogen (secondary N) is 1. The molecule has 106 valence electrons. The summed E-state index contributed by atoms with van der Waals surface area (Å²) in [5.74, 6) is -0.378. The van der Waals surface area contributed by atoms with E-state index in [-0.39, 0.29) is 12.4 Å². The summed E-state index contributed by atoms with van der Waals surface area (Å²) in [7, 11) is 0. The predicted molar refractivity (Wildman–Crippen MR) is 69.9 cm³/mol. The summed E-state index contributed by atoms with van der Waals surface area (Å²) in [6, 6.07) is 9.55. The molecule has 0 unspecified atom stereocenters. The lowest BCUT2D eigenvalue weighted by molar-refractivity contribution is -0.137. The van der Waals surface area contributed by atoms with Crippen LogP contribution in [0.1, 0.15) is 16.7 Å². The fourth-order valence-electron chi connectivity index (χ4n) is 1.77. The number of anilines is 1. The van der Waals surface area contributed by atoms with Crippen LogP contribution in [0.4, 0.5) is 23.2 Å². The Morgan fingerprint density at radius 2 is 1.65 bits per heavy atom. The van der Waals surface area contributed by atoms with E-state index in [4.69, 9.17) is 0 Å². The molecule has 0 aliphatic heterocycles. The minimum Gasteiger partial charge on any atom is -0.379 e. The van der Waals surface area contributed by atoms with Gasteiger partial charge in [0.1, 0.15) is 5.82 Å². The van der Waals surface area contributed by atoms with E-state index in [1.165, 1.54) is 18.2 Å². The molecule has 1 nitrogen and oxygen atoms in total. The molecule has 0 saturated carbocycles. The van der Waals surface area contributed by atoms with Crippen molar-refractivity contribution in [1.29, 1.82) is 0 Å². The zero-order valence-electron chi connectivity index (χ0n) is 10.8. The first-order valence-electron chi connectivity index (χ1n) is 6.02. The molecule has 1 N–H and O–H groups in total. The number of halogens is 4. The summed E-state index contributed by atoms with van der Waals surface area (Å²) in [5, 5.41) is 2.86. The average Bonchev–Trinajstić information content (AvgIpc) is 2.37. The average molecular weight is 283 g/mol. The van der Waals surface area contributed by atoms with Crippen molar-refractivity contribution in [3.05, 3.63) is 65.0 Å². The van der Waals surface area contributed by atoms with E-state index in [9.17, 15) is 17.6 Å². The van der Waals surface area contributed by atoms with Crippen LogP contribution in [0.25, 0.3) is 0 Å². The first-order chi connectivity index (χ1) is 9.36. The first kappa shape index (κ1) is 14.4. The molecule has 2 aromatic carbocycles. The van der Waals surface area contributed by atoms with Crippen molar-refractivity contribution in [1.82, 2.24) is 0 Å². The Balaban J connectivity index is 2.04. The van der Waals surface area contributed by atoms with Crippen LogP contribution in [0.2, 0.25) is 0 Å². The molecule has 0 saturated heterocycles. The Morgan fingerprint density at radius 1 is 1.00 bits per heavy atom. The van der Waals surface area contributed by atoms with E-state index in [1.807, 2.05) is 0 Å². The second-order valence-electron chi connectivity index (χ2n) is 4.53. The number of benzene rings is 2. The highest BCUT2D eigenvalue weighted by Gasteiger charge is 2.29. The molecule has 20 heavy (non-hydrogen) atoms. The molecular weight excluding hydrogens is 270 g/mol. The quantitative estimate of drug-likeness (QED) is 0.800. The van der Waals surface area contributed by atoms with E-state index in [0.717, 1.165) is 17.7 Å². The Bertz CT molecular complexity index is 588. The van der Waals surface area contributed by atoms with Gasteiger partial charge in [-0.25, -0.2) is 4.39 Å². The molecule has 0 heterocycles. The van der Waals surface area contributed by atoms with Gasteiger partial charge in [-0.1, -0.05) is 18.2 Å². The third kappa shape index (κ3) is 3.50. The summed E-state index contributed by atoms with van der Waals surface area (Å²) in [6.45, 7) is 2.04. The molecule has 0 aliphatic carbocycles. The molecule has 0 aromatic heterocycles. The van der Waals surface area contributed by atoms with E-state index in [0.29, 0.717) is 11.3 Å². The Morgan fingerprint density at radius 3 is 2.20 bits per heavy atom. The van der Waals surface area contributed by atoms with Crippen LogP contribution in [0.3, 0.4) is 0 Å². The van der Waals surface area contributed by atoms with Crippen LogP contribution in [0.15, 0.2) is 42.5 Å². The zero-order chi connectivity index (χ0) is 14.8. The normalized spacial score (nSPS) is 11.4. The number of alkyl halides is 3. The third-order valence-corrected chi connectivity index (χ3v) is 2.89. The maximum atomic E-state index is 13.6. The fourth-order valence-corrected chi connectivity index (χ4v) is 1.77. The van der Waals surface area contributed by atoms with Gasteiger partial charge in [0.2, 0.25) is 0 Å². The molecule has 0 spiro atoms. The summed E-state index contributed by atoms with van der Waals surface area (Å²) in [4.78, 5) is 0. The second-order valence-corrected chi connectivity index (χ2v) is 4.53. The first-order valence-corrected chi connectivity index (χ1v) is 6.02. The van der Waals surface area contributed by atoms with Gasteiger partial charge in [-0.15, -0.1) is 0 Å². The van der Waals surface area contributed by atoms with Gasteiger partial charge in [-0.2, -0.15) is 13.2 Å². The van der Waals surface area contributed by atoms with Crippen molar-refractivity contribution in [3.8, 4) is 0 Å². The van der Waals surface area contributed by atoms with Crippen molar-refractivity contribution in [3.63, 3.8) is 0 Å². The molecule has 2 rings (SSSR count). The van der Waals surface area contributed by atoms with Gasteiger partial charge in [-0.3, -0.25) is 0 Å².